The van der Waals surface area contributed by atoms with Crippen LogP contribution in [0, 0.1) is 5.82 Å². The van der Waals surface area contributed by atoms with Crippen molar-refractivity contribution in [3.05, 3.63) is 94.8 Å². The van der Waals surface area contributed by atoms with Gasteiger partial charge in [0.05, 0.1) is 31.4 Å². The fourth-order valence-electron chi connectivity index (χ4n) is 4.70. The molecular weight excluding hydrogens is 605 g/mol. The number of aromatic nitrogens is 2. The number of aliphatic hydroxyl groups is 1. The van der Waals surface area contributed by atoms with E-state index in [2.05, 4.69) is 10.2 Å². The van der Waals surface area contributed by atoms with Crippen molar-refractivity contribution >= 4 is 45.7 Å². The molecule has 5 rings (SSSR count). The van der Waals surface area contributed by atoms with Crippen LogP contribution < -0.4 is 19.1 Å². The zero-order valence-corrected chi connectivity index (χ0v) is 25.9. The number of rotatable bonds is 12. The van der Waals surface area contributed by atoms with Crippen LogP contribution in [0.1, 0.15) is 43.5 Å². The van der Waals surface area contributed by atoms with Gasteiger partial charge in [-0.05, 0) is 80.4 Å². The number of amides is 1. The number of Topliss-reactive ketones (excluding diaryl/α,β-unsaturated/α-hetero) is 1. The van der Waals surface area contributed by atoms with Gasteiger partial charge in [-0.3, -0.25) is 14.5 Å². The first-order chi connectivity index (χ1) is 21.3. The number of hydrogen-bond donors (Lipinski definition) is 1. The number of ketones is 1. The number of aliphatic hydroxyl groups excluding tert-OH is 1. The number of thioether (sulfide) groups is 1. The van der Waals surface area contributed by atoms with Gasteiger partial charge in [0.1, 0.15) is 17.3 Å². The molecule has 1 N–H and O–H groups in total. The number of carbonyl (C=O) groups is 2. The molecule has 1 saturated heterocycles. The smallest absolute Gasteiger partial charge is 0.301 e. The molecule has 12 heteroatoms. The van der Waals surface area contributed by atoms with Crippen molar-refractivity contribution < 1.29 is 33.3 Å². The number of ether oxygens (including phenoxy) is 3. The Morgan fingerprint density at radius 3 is 2.27 bits per heavy atom. The summed E-state index contributed by atoms with van der Waals surface area (Å²) in [6, 6.07) is 16.9. The van der Waals surface area contributed by atoms with Gasteiger partial charge in [0, 0.05) is 11.3 Å². The second kappa shape index (κ2) is 13.9. The zero-order valence-electron chi connectivity index (χ0n) is 24.3. The van der Waals surface area contributed by atoms with Gasteiger partial charge < -0.3 is 19.3 Å². The Hall–Kier alpha value is -4.42. The molecule has 0 saturated carbocycles. The lowest BCUT2D eigenvalue weighted by Gasteiger charge is -2.23. The molecule has 4 aromatic rings. The van der Waals surface area contributed by atoms with Crippen LogP contribution in [0.4, 0.5) is 9.52 Å². The Labute approximate surface area is 262 Å². The Bertz CT molecular complexity index is 1670. The van der Waals surface area contributed by atoms with E-state index in [9.17, 15) is 19.1 Å². The molecule has 0 aliphatic carbocycles. The van der Waals surface area contributed by atoms with Crippen molar-refractivity contribution in [3.8, 4) is 17.2 Å². The second-order valence-corrected chi connectivity index (χ2v) is 11.6. The summed E-state index contributed by atoms with van der Waals surface area (Å²) in [7, 11) is 0. The summed E-state index contributed by atoms with van der Waals surface area (Å²) in [4.78, 5) is 28.5. The average Bonchev–Trinajstić information content (AvgIpc) is 3.60. The first kappa shape index (κ1) is 31.0. The molecule has 1 atom stereocenters. The summed E-state index contributed by atoms with van der Waals surface area (Å²) in [6.07, 6.45) is 0. The molecule has 0 bridgehead atoms. The summed E-state index contributed by atoms with van der Waals surface area (Å²) >= 11 is 2.52. The van der Waals surface area contributed by atoms with Crippen LogP contribution in [0.15, 0.2) is 76.6 Å². The van der Waals surface area contributed by atoms with Gasteiger partial charge in [0.25, 0.3) is 5.78 Å². The van der Waals surface area contributed by atoms with Gasteiger partial charge in [-0.1, -0.05) is 41.3 Å². The van der Waals surface area contributed by atoms with E-state index in [1.165, 1.54) is 28.8 Å². The molecule has 1 amide bonds. The van der Waals surface area contributed by atoms with Crippen LogP contribution in [0.5, 0.6) is 17.2 Å². The topological polar surface area (TPSA) is 111 Å². The summed E-state index contributed by atoms with van der Waals surface area (Å²) in [5.41, 5.74) is 1.66. The summed E-state index contributed by atoms with van der Waals surface area (Å²) in [6.45, 7) is 6.81. The van der Waals surface area contributed by atoms with Gasteiger partial charge in [-0.25, -0.2) is 4.39 Å². The molecule has 228 valence electrons. The van der Waals surface area contributed by atoms with Gasteiger partial charge >= 0.3 is 5.91 Å². The maximum Gasteiger partial charge on any atom is 0.301 e. The van der Waals surface area contributed by atoms with Gasteiger partial charge in [-0.2, -0.15) is 0 Å². The average molecular weight is 636 g/mol. The monoisotopic (exact) mass is 635 g/mol. The minimum Gasteiger partial charge on any atom is -0.507 e. The van der Waals surface area contributed by atoms with E-state index in [0.717, 1.165) is 16.9 Å². The molecule has 0 radical (unpaired) electrons. The quantitative estimate of drug-likeness (QED) is 0.0591. The highest BCUT2D eigenvalue weighted by Crippen LogP contribution is 2.45. The van der Waals surface area contributed by atoms with Crippen molar-refractivity contribution in [2.45, 2.75) is 36.9 Å². The SMILES string of the molecule is CCOc1ccc(C(O)=C2C(=O)C(=O)N(c3nnc(SCc4ccc(F)cc4)s3)C2c2ccc(OCC)c(OCC)c2)cc1. The third-order valence-corrected chi connectivity index (χ3v) is 8.77. The van der Waals surface area contributed by atoms with Crippen LogP contribution in [0.2, 0.25) is 0 Å². The lowest BCUT2D eigenvalue weighted by atomic mass is 9.95. The van der Waals surface area contributed by atoms with Crippen molar-refractivity contribution in [1.29, 1.82) is 0 Å². The highest BCUT2D eigenvalue weighted by atomic mass is 32.2. The number of nitrogens with zero attached hydrogens (tertiary/aromatic N) is 3. The summed E-state index contributed by atoms with van der Waals surface area (Å²) < 4.78 is 30.9. The number of halogens is 1. The number of hydrogen-bond acceptors (Lipinski definition) is 10. The van der Waals surface area contributed by atoms with Crippen LogP contribution in [-0.2, 0) is 15.3 Å². The molecule has 1 aliphatic heterocycles. The highest BCUT2D eigenvalue weighted by Gasteiger charge is 2.48. The van der Waals surface area contributed by atoms with Gasteiger partial charge in [-0.15, -0.1) is 10.2 Å². The molecule has 2 heterocycles. The maximum absolute atomic E-state index is 13.6. The molecule has 1 aliphatic rings. The van der Waals surface area contributed by atoms with E-state index in [1.807, 2.05) is 20.8 Å². The number of anilines is 1. The first-order valence-electron chi connectivity index (χ1n) is 14.0. The van der Waals surface area contributed by atoms with Crippen molar-refractivity contribution in [1.82, 2.24) is 10.2 Å². The highest BCUT2D eigenvalue weighted by molar-refractivity contribution is 8.00. The van der Waals surface area contributed by atoms with Crippen LogP contribution in [0.3, 0.4) is 0 Å². The third kappa shape index (κ3) is 6.56. The molecule has 1 aromatic heterocycles. The van der Waals surface area contributed by atoms with Crippen molar-refractivity contribution in [2.24, 2.45) is 0 Å². The van der Waals surface area contributed by atoms with Crippen LogP contribution in [0.25, 0.3) is 5.76 Å². The Morgan fingerprint density at radius 1 is 0.909 bits per heavy atom. The minimum atomic E-state index is -1.03. The van der Waals surface area contributed by atoms with E-state index >= 15 is 0 Å². The normalized spacial score (nSPS) is 15.9. The largest absolute Gasteiger partial charge is 0.507 e. The van der Waals surface area contributed by atoms with Gasteiger partial charge in [0.15, 0.2) is 15.8 Å². The summed E-state index contributed by atoms with van der Waals surface area (Å²) in [5, 5.41) is 20.2. The van der Waals surface area contributed by atoms with Crippen molar-refractivity contribution in [2.75, 3.05) is 24.7 Å². The number of benzene rings is 3. The van der Waals surface area contributed by atoms with E-state index < -0.39 is 17.7 Å². The molecule has 1 fully saturated rings. The van der Waals surface area contributed by atoms with E-state index in [4.69, 9.17) is 14.2 Å². The van der Waals surface area contributed by atoms with Crippen LogP contribution in [-0.4, -0.2) is 46.8 Å². The molecule has 0 spiro atoms. The first-order valence-corrected chi connectivity index (χ1v) is 15.8. The lowest BCUT2D eigenvalue weighted by Crippen LogP contribution is -2.29. The maximum atomic E-state index is 13.6. The standard InChI is InChI=1S/C32H30FN3O6S2/c1-4-40-23-14-9-20(10-15-23)28(37)26-27(21-11-16-24(41-5-2)25(17-21)42-6-3)36(30(39)29(26)38)31-34-35-32(44-31)43-18-19-7-12-22(33)13-8-19/h7-17,27,37H,4-6,18H2,1-3H3. The lowest BCUT2D eigenvalue weighted by molar-refractivity contribution is -0.132. The van der Waals surface area contributed by atoms with E-state index in [-0.39, 0.29) is 22.3 Å². The summed E-state index contributed by atoms with van der Waals surface area (Å²) in [5.74, 6) is -0.298. The molecule has 3 aromatic carbocycles. The van der Waals surface area contributed by atoms with Gasteiger partial charge in [0.2, 0.25) is 5.13 Å². The van der Waals surface area contributed by atoms with E-state index in [0.29, 0.717) is 58.3 Å². The van der Waals surface area contributed by atoms with E-state index in [1.54, 1.807) is 54.6 Å². The zero-order chi connectivity index (χ0) is 31.2. The molecule has 1 unspecified atom stereocenters. The Kier molecular flexibility index (Phi) is 9.81. The predicted molar refractivity (Wildman–Crippen MR) is 167 cm³/mol. The van der Waals surface area contributed by atoms with Crippen LogP contribution >= 0.6 is 23.1 Å². The molecule has 9 nitrogen and oxygen atoms in total. The Balaban J connectivity index is 1.57. The third-order valence-electron chi connectivity index (χ3n) is 6.64. The second-order valence-electron chi connectivity index (χ2n) is 9.46. The minimum absolute atomic E-state index is 0.0958. The molecule has 44 heavy (non-hydrogen) atoms. The van der Waals surface area contributed by atoms with Crippen molar-refractivity contribution in [3.63, 3.8) is 0 Å². The number of carbonyl (C=O) groups excluding carboxylic acids is 2. The Morgan fingerprint density at radius 2 is 1.59 bits per heavy atom. The fraction of sp³-hybridized carbons (Fsp3) is 0.250. The predicted octanol–water partition coefficient (Wildman–Crippen LogP) is 6.79. The fourth-order valence-corrected chi connectivity index (χ4v) is 6.52. The molecular formula is C32H30FN3O6S2.